The van der Waals surface area contributed by atoms with E-state index in [-0.39, 0.29) is 54.0 Å². The molecule has 0 saturated carbocycles. The van der Waals surface area contributed by atoms with Crippen LogP contribution in [0.5, 0.6) is 23.0 Å². The lowest BCUT2D eigenvalue weighted by Gasteiger charge is -2.30. The highest BCUT2D eigenvalue weighted by Gasteiger charge is 2.21. The summed E-state index contributed by atoms with van der Waals surface area (Å²) < 4.78 is 16.1. The second kappa shape index (κ2) is 19.2. The second-order valence-corrected chi connectivity index (χ2v) is 10.1. The Kier molecular flexibility index (Phi) is 17.4. The number of ether oxygens (including phenoxy) is 3. The van der Waals surface area contributed by atoms with Crippen LogP contribution in [-0.4, -0.2) is 73.5 Å². The molecule has 1 amide bonds. The van der Waals surface area contributed by atoms with Crippen molar-refractivity contribution < 1.29 is 29.8 Å². The van der Waals surface area contributed by atoms with E-state index in [1.165, 1.54) is 40.2 Å². The third-order valence-electron chi connectivity index (χ3n) is 7.31. The first kappa shape index (κ1) is 41.7. The van der Waals surface area contributed by atoms with E-state index in [9.17, 15) is 9.90 Å². The fraction of sp³-hybridized carbons (Fsp3) is 0.448. The van der Waals surface area contributed by atoms with Crippen LogP contribution in [0.25, 0.3) is 0 Å². The number of piperidine rings is 2. The first-order chi connectivity index (χ1) is 20.0. The minimum absolute atomic E-state index is 0. The molecule has 266 valence electrons. The summed E-state index contributed by atoms with van der Waals surface area (Å²) in [6.07, 6.45) is 6.87. The number of phenols is 1. The SMILES string of the molecule is COc1cc(NC(=O)c2ccc(Nc3nc(N4CCCCC4)nc(N4CCCCC4)n3)cc2O)cc(OC)c1OC.Cl.N.N.N.N.[HH].[HH].[HH].[HH]. The van der Waals surface area contributed by atoms with E-state index >= 15 is 0 Å². The Morgan fingerprint density at radius 2 is 1.24 bits per heavy atom. The van der Waals surface area contributed by atoms with Crippen LogP contribution in [0.1, 0.15) is 54.6 Å². The van der Waals surface area contributed by atoms with Gasteiger partial charge in [0.15, 0.2) is 11.5 Å². The van der Waals surface area contributed by atoms with Crippen LogP contribution >= 0.6 is 12.4 Å². The highest BCUT2D eigenvalue weighted by Crippen LogP contribution is 2.40. The normalized spacial score (nSPS) is 13.6. The molecule has 2 aliphatic rings. The topological polar surface area (TPSA) is 274 Å². The number of aromatic nitrogens is 3. The number of nitrogens with zero attached hydrogens (tertiary/aromatic N) is 5. The highest BCUT2D eigenvalue weighted by atomic mass is 35.5. The molecule has 5 rings (SSSR count). The number of anilines is 5. The Bertz CT molecular complexity index is 1350. The zero-order valence-electron chi connectivity index (χ0n) is 27.0. The zero-order chi connectivity index (χ0) is 28.8. The number of carbonyl (C=O) groups is 1. The second-order valence-electron chi connectivity index (χ2n) is 10.1. The molecule has 2 saturated heterocycles. The van der Waals surface area contributed by atoms with Crippen LogP contribution in [-0.2, 0) is 0 Å². The minimum Gasteiger partial charge on any atom is -0.507 e. The number of rotatable bonds is 9. The fourth-order valence-electron chi connectivity index (χ4n) is 5.16. The molecule has 0 unspecified atom stereocenters. The van der Waals surface area contributed by atoms with E-state index in [0.717, 1.165) is 51.9 Å². The standard InChI is InChI=1S/C29H37N7O5.ClH.4H3N.4H2/c1-39-23-17-20(18-24(40-2)25(23)41-3)30-26(38)21-11-10-19(16-22(21)37)31-27-32-28(35-12-6-4-7-13-35)34-29(33-27)36-14-8-5-9-15-36;;;;;;;;;/h10-11,16-18,37H,4-9,12-15H2,1-3H3,(H,30,38)(H,31,32,33,34);1H;4*1H3;4*1H. The molecule has 0 aliphatic carbocycles. The summed E-state index contributed by atoms with van der Waals surface area (Å²) in [4.78, 5) is 31.7. The summed E-state index contributed by atoms with van der Waals surface area (Å²) in [5.41, 5.74) is 1.07. The van der Waals surface area contributed by atoms with Crippen molar-refractivity contribution in [2.75, 3.05) is 67.9 Å². The van der Waals surface area contributed by atoms with Crippen molar-refractivity contribution >= 4 is 47.5 Å². The van der Waals surface area contributed by atoms with Crippen LogP contribution in [0.2, 0.25) is 0 Å². The number of aromatic hydroxyl groups is 1. The van der Waals surface area contributed by atoms with Crippen LogP contribution < -0.4 is 59.2 Å². The van der Waals surface area contributed by atoms with Crippen molar-refractivity contribution in [3.05, 3.63) is 35.9 Å². The number of benzene rings is 2. The van der Waals surface area contributed by atoms with E-state index in [1.807, 2.05) is 0 Å². The third-order valence-corrected chi connectivity index (χ3v) is 7.31. The Hall–Kier alpha value is -4.35. The molecule has 0 radical (unpaired) electrons. The van der Waals surface area contributed by atoms with Gasteiger partial charge in [-0.2, -0.15) is 15.0 Å². The largest absolute Gasteiger partial charge is 0.507 e. The first-order valence-electron chi connectivity index (χ1n) is 14.0. The minimum atomic E-state index is -0.497. The Morgan fingerprint density at radius 3 is 1.67 bits per heavy atom. The van der Waals surface area contributed by atoms with Crippen molar-refractivity contribution in [1.82, 2.24) is 39.6 Å². The lowest BCUT2D eigenvalue weighted by Crippen LogP contribution is -2.34. The van der Waals surface area contributed by atoms with Gasteiger partial charge in [-0.05, 0) is 50.7 Å². The maximum absolute atomic E-state index is 13.0. The molecule has 16 nitrogen and oxygen atoms in total. The van der Waals surface area contributed by atoms with E-state index < -0.39 is 5.91 Å². The molecule has 3 heterocycles. The van der Waals surface area contributed by atoms with Crippen molar-refractivity contribution in [3.63, 3.8) is 0 Å². The monoisotopic (exact) mass is 675 g/mol. The number of amides is 1. The lowest BCUT2D eigenvalue weighted by molar-refractivity contribution is 0.102. The van der Waals surface area contributed by atoms with Gasteiger partial charge in [0.25, 0.3) is 5.91 Å². The summed E-state index contributed by atoms with van der Waals surface area (Å²) in [6, 6.07) is 7.97. The molecule has 0 atom stereocenters. The molecule has 1 aromatic heterocycles. The van der Waals surface area contributed by atoms with Gasteiger partial charge in [0.1, 0.15) is 5.75 Å². The average Bonchev–Trinajstić information content (AvgIpc) is 3.01. The Morgan fingerprint density at radius 1 is 0.739 bits per heavy atom. The smallest absolute Gasteiger partial charge is 0.259 e. The van der Waals surface area contributed by atoms with E-state index in [2.05, 4.69) is 20.4 Å². The van der Waals surface area contributed by atoms with Crippen LogP contribution in [0.3, 0.4) is 0 Å². The summed E-state index contributed by atoms with van der Waals surface area (Å²) in [6.45, 7) is 3.66. The van der Waals surface area contributed by atoms with E-state index in [4.69, 9.17) is 29.2 Å². The van der Waals surface area contributed by atoms with Gasteiger partial charge in [-0.1, -0.05) is 0 Å². The average molecular weight is 676 g/mol. The van der Waals surface area contributed by atoms with Crippen LogP contribution in [0.4, 0.5) is 29.2 Å². The molecule has 0 bridgehead atoms. The van der Waals surface area contributed by atoms with Gasteiger partial charge in [0, 0.05) is 61.5 Å². The zero-order valence-corrected chi connectivity index (χ0v) is 27.8. The quantitative estimate of drug-likeness (QED) is 0.125. The number of halogens is 1. The van der Waals surface area contributed by atoms with E-state index in [0.29, 0.717) is 46.5 Å². The predicted molar refractivity (Wildman–Crippen MR) is 193 cm³/mol. The highest BCUT2D eigenvalue weighted by molar-refractivity contribution is 6.06. The van der Waals surface area contributed by atoms with Crippen molar-refractivity contribution in [3.8, 4) is 23.0 Å². The number of methoxy groups -OCH3 is 3. The van der Waals surface area contributed by atoms with Gasteiger partial charge < -0.3 is 64.4 Å². The summed E-state index contributed by atoms with van der Waals surface area (Å²) in [7, 11) is 4.50. The number of carbonyl (C=O) groups excluding carboxylic acids is 1. The number of phenolic OH excluding ortho intramolecular Hbond substituents is 1. The van der Waals surface area contributed by atoms with Gasteiger partial charge in [0.05, 0.1) is 26.9 Å². The molecule has 2 aliphatic heterocycles. The number of nitrogens with one attached hydrogen (secondary N) is 2. The lowest BCUT2D eigenvalue weighted by atomic mass is 10.1. The summed E-state index contributed by atoms with van der Waals surface area (Å²) >= 11 is 0. The molecular formula is C29H58ClN11O5. The molecule has 15 N–H and O–H groups in total. The molecule has 3 aromatic rings. The van der Waals surface area contributed by atoms with Crippen molar-refractivity contribution in [2.24, 2.45) is 0 Å². The van der Waals surface area contributed by atoms with E-state index in [1.54, 1.807) is 24.3 Å². The van der Waals surface area contributed by atoms with Crippen LogP contribution in [0.15, 0.2) is 30.3 Å². The number of hydrogen-bond acceptors (Lipinski definition) is 15. The molecule has 46 heavy (non-hydrogen) atoms. The van der Waals surface area contributed by atoms with Gasteiger partial charge in [-0.3, -0.25) is 4.79 Å². The first-order valence-corrected chi connectivity index (χ1v) is 14.0. The summed E-state index contributed by atoms with van der Waals surface area (Å²) in [5, 5.41) is 16.8. The van der Waals surface area contributed by atoms with Crippen molar-refractivity contribution in [2.45, 2.75) is 38.5 Å². The van der Waals surface area contributed by atoms with Gasteiger partial charge in [0.2, 0.25) is 23.6 Å². The summed E-state index contributed by atoms with van der Waals surface area (Å²) in [5.74, 6) is 2.24. The number of hydrogen-bond donors (Lipinski definition) is 7. The predicted octanol–water partition coefficient (Wildman–Crippen LogP) is 6.63. The van der Waals surface area contributed by atoms with Crippen molar-refractivity contribution in [1.29, 1.82) is 0 Å². The molecule has 17 heteroatoms. The molecule has 2 aromatic carbocycles. The maximum atomic E-state index is 13.0. The third kappa shape index (κ3) is 9.58. The molecular weight excluding hydrogens is 618 g/mol. The van der Waals surface area contributed by atoms with Crippen LogP contribution in [0, 0.1) is 0 Å². The Balaban J connectivity index is -0.000000750. The van der Waals surface area contributed by atoms with Gasteiger partial charge in [-0.15, -0.1) is 12.4 Å². The fourth-order valence-corrected chi connectivity index (χ4v) is 5.16. The van der Waals surface area contributed by atoms with Gasteiger partial charge >= 0.3 is 0 Å². The Labute approximate surface area is 282 Å². The van der Waals surface area contributed by atoms with Gasteiger partial charge in [-0.25, -0.2) is 0 Å². The molecule has 2 fully saturated rings. The molecule has 0 spiro atoms. The maximum Gasteiger partial charge on any atom is 0.259 e.